The van der Waals surface area contributed by atoms with Crippen molar-refractivity contribution < 1.29 is 23.9 Å². The van der Waals surface area contributed by atoms with Gasteiger partial charge in [-0.05, 0) is 69.9 Å². The third-order valence-electron chi connectivity index (χ3n) is 7.65. The second-order valence-corrected chi connectivity index (χ2v) is 13.2. The van der Waals surface area contributed by atoms with Gasteiger partial charge in [0.1, 0.15) is 23.7 Å². The lowest BCUT2D eigenvalue weighted by molar-refractivity contribution is -0.144. The number of carbonyl (C=O) groups excluding carboxylic acids is 4. The molecule has 10 heteroatoms. The molecule has 4 amide bonds. The highest BCUT2D eigenvalue weighted by Gasteiger charge is 2.45. The molecule has 5 atom stereocenters. The summed E-state index contributed by atoms with van der Waals surface area (Å²) >= 11 is 0. The molecular formula is C30H47N5O5. The Kier molecular flexibility index (Phi) is 9.54. The second-order valence-electron chi connectivity index (χ2n) is 13.2. The zero-order chi connectivity index (χ0) is 30.0. The number of hydrogen-bond acceptors (Lipinski definition) is 6. The van der Waals surface area contributed by atoms with Crippen molar-refractivity contribution in [3.05, 3.63) is 35.4 Å². The number of aryl methyl sites for hydroxylation is 1. The van der Waals surface area contributed by atoms with Crippen molar-refractivity contribution in [1.29, 1.82) is 0 Å². The van der Waals surface area contributed by atoms with Crippen LogP contribution in [0, 0.1) is 5.41 Å². The number of benzene rings is 1. The van der Waals surface area contributed by atoms with E-state index in [1.54, 1.807) is 27.7 Å². The highest BCUT2D eigenvalue weighted by Crippen LogP contribution is 2.31. The summed E-state index contributed by atoms with van der Waals surface area (Å²) in [4.78, 5) is 56.0. The fourth-order valence-corrected chi connectivity index (χ4v) is 5.28. The maximum Gasteiger partial charge on any atom is 0.410 e. The van der Waals surface area contributed by atoms with Gasteiger partial charge in [0.15, 0.2) is 0 Å². The highest BCUT2D eigenvalue weighted by atomic mass is 16.6. The lowest BCUT2D eigenvalue weighted by Crippen LogP contribution is -2.60. The van der Waals surface area contributed by atoms with Crippen LogP contribution in [0.15, 0.2) is 24.3 Å². The van der Waals surface area contributed by atoms with E-state index in [-0.39, 0.29) is 30.4 Å². The van der Waals surface area contributed by atoms with E-state index >= 15 is 0 Å². The SMILES string of the molecule is C[C@@H](C(=O)N[C@H](C(=O)N1C[C@@H](N)CC1C(=O)N[C@@H]1CCCc2ccccc21)C(C)(C)C)N(C)C(=O)OC(C)(C)C. The predicted octanol–water partition coefficient (Wildman–Crippen LogP) is 2.89. The smallest absolute Gasteiger partial charge is 0.410 e. The molecule has 2 aliphatic rings. The largest absolute Gasteiger partial charge is 0.444 e. The molecule has 0 bridgehead atoms. The maximum absolute atomic E-state index is 14.0. The van der Waals surface area contributed by atoms with E-state index in [2.05, 4.69) is 16.7 Å². The number of ether oxygens (including phenoxy) is 1. The number of fused-ring (bicyclic) bond motifs is 1. The average Bonchev–Trinajstić information content (AvgIpc) is 3.26. The minimum atomic E-state index is -0.939. The van der Waals surface area contributed by atoms with Crippen LogP contribution in [0.2, 0.25) is 0 Å². The van der Waals surface area contributed by atoms with Crippen LogP contribution in [-0.2, 0) is 25.5 Å². The van der Waals surface area contributed by atoms with E-state index in [1.807, 2.05) is 39.0 Å². The number of likely N-dealkylation sites (tertiary alicyclic amines) is 1. The third kappa shape index (κ3) is 7.53. The summed E-state index contributed by atoms with van der Waals surface area (Å²) < 4.78 is 5.38. The van der Waals surface area contributed by atoms with Gasteiger partial charge in [0, 0.05) is 19.6 Å². The molecule has 40 heavy (non-hydrogen) atoms. The fraction of sp³-hybridized carbons (Fsp3) is 0.667. The monoisotopic (exact) mass is 557 g/mol. The highest BCUT2D eigenvalue weighted by molar-refractivity contribution is 5.94. The topological polar surface area (TPSA) is 134 Å². The normalized spacial score (nSPS) is 22.5. The Morgan fingerprint density at radius 2 is 1.75 bits per heavy atom. The Morgan fingerprint density at radius 3 is 2.38 bits per heavy atom. The molecule has 0 spiro atoms. The first kappa shape index (κ1) is 31.4. The summed E-state index contributed by atoms with van der Waals surface area (Å²) in [5, 5.41) is 6.02. The Morgan fingerprint density at radius 1 is 1.10 bits per heavy atom. The molecule has 0 saturated carbocycles. The average molecular weight is 558 g/mol. The molecule has 1 aliphatic carbocycles. The zero-order valence-corrected chi connectivity index (χ0v) is 25.2. The van der Waals surface area contributed by atoms with Gasteiger partial charge < -0.3 is 26.0 Å². The van der Waals surface area contributed by atoms with Gasteiger partial charge in [-0.1, -0.05) is 45.0 Å². The maximum atomic E-state index is 14.0. The minimum absolute atomic E-state index is 0.117. The number of amides is 4. The van der Waals surface area contributed by atoms with E-state index in [0.29, 0.717) is 6.42 Å². The quantitative estimate of drug-likeness (QED) is 0.493. The van der Waals surface area contributed by atoms with E-state index in [0.717, 1.165) is 24.8 Å². The van der Waals surface area contributed by atoms with Gasteiger partial charge in [-0.25, -0.2) is 4.79 Å². The summed E-state index contributed by atoms with van der Waals surface area (Å²) in [6.45, 7) is 12.6. The standard InChI is InChI=1S/C30H47N5O5/c1-18(34(8)28(39)40-30(5,6)7)25(36)33-24(29(2,3)4)27(38)35-17-20(31)16-23(35)26(37)32-22-15-11-13-19-12-9-10-14-21(19)22/h9-10,12,14,18,20,22-24H,11,13,15-17,31H2,1-8H3,(H,32,37)(H,33,36)/t18-,20-,22+,23?,24+/m0/s1. The lowest BCUT2D eigenvalue weighted by Gasteiger charge is -2.37. The summed E-state index contributed by atoms with van der Waals surface area (Å²) in [6, 6.07) is 5.08. The molecule has 1 aliphatic heterocycles. The van der Waals surface area contributed by atoms with Crippen LogP contribution in [0.5, 0.6) is 0 Å². The molecule has 222 valence electrons. The van der Waals surface area contributed by atoms with Crippen LogP contribution in [-0.4, -0.2) is 77.0 Å². The Hall–Kier alpha value is -3.14. The Labute approximate surface area is 238 Å². The third-order valence-corrected chi connectivity index (χ3v) is 7.65. The molecule has 0 radical (unpaired) electrons. The second kappa shape index (κ2) is 12.2. The van der Waals surface area contributed by atoms with Crippen LogP contribution in [0.4, 0.5) is 4.79 Å². The van der Waals surface area contributed by atoms with Crippen LogP contribution < -0.4 is 16.4 Å². The lowest BCUT2D eigenvalue weighted by atomic mass is 9.85. The molecule has 1 heterocycles. The molecule has 1 fully saturated rings. The molecule has 3 rings (SSSR count). The number of carbonyl (C=O) groups is 4. The molecule has 1 aromatic rings. The van der Waals surface area contributed by atoms with E-state index in [1.165, 1.54) is 22.4 Å². The van der Waals surface area contributed by atoms with Gasteiger partial charge in [0.2, 0.25) is 17.7 Å². The van der Waals surface area contributed by atoms with Crippen molar-refractivity contribution >= 4 is 23.8 Å². The van der Waals surface area contributed by atoms with E-state index in [4.69, 9.17) is 10.5 Å². The van der Waals surface area contributed by atoms with Gasteiger partial charge in [-0.2, -0.15) is 0 Å². The first-order valence-electron chi connectivity index (χ1n) is 14.2. The van der Waals surface area contributed by atoms with Crippen molar-refractivity contribution in [3.8, 4) is 0 Å². The van der Waals surface area contributed by atoms with Crippen molar-refractivity contribution in [2.45, 2.75) is 110 Å². The molecule has 1 aromatic carbocycles. The van der Waals surface area contributed by atoms with Crippen molar-refractivity contribution in [2.75, 3.05) is 13.6 Å². The molecule has 10 nitrogen and oxygen atoms in total. The fourth-order valence-electron chi connectivity index (χ4n) is 5.28. The first-order valence-corrected chi connectivity index (χ1v) is 14.2. The minimum Gasteiger partial charge on any atom is -0.444 e. The molecule has 0 aromatic heterocycles. The molecule has 4 N–H and O–H groups in total. The van der Waals surface area contributed by atoms with Gasteiger partial charge in [0.05, 0.1) is 6.04 Å². The number of nitrogens with two attached hydrogens (primary N) is 1. The molecule has 1 unspecified atom stereocenters. The summed E-state index contributed by atoms with van der Waals surface area (Å²) in [5.74, 6) is -1.10. The van der Waals surface area contributed by atoms with Crippen molar-refractivity contribution in [2.24, 2.45) is 11.1 Å². The molecular weight excluding hydrogens is 510 g/mol. The van der Waals surface area contributed by atoms with Crippen LogP contribution >= 0.6 is 0 Å². The number of nitrogens with one attached hydrogen (secondary N) is 2. The van der Waals surface area contributed by atoms with Crippen molar-refractivity contribution in [1.82, 2.24) is 20.4 Å². The van der Waals surface area contributed by atoms with Gasteiger partial charge >= 0.3 is 6.09 Å². The van der Waals surface area contributed by atoms with Gasteiger partial charge in [-0.15, -0.1) is 0 Å². The predicted molar refractivity (Wildman–Crippen MR) is 153 cm³/mol. The number of hydrogen-bond donors (Lipinski definition) is 3. The van der Waals surface area contributed by atoms with Gasteiger partial charge in [-0.3, -0.25) is 19.3 Å². The van der Waals surface area contributed by atoms with Crippen LogP contribution in [0.3, 0.4) is 0 Å². The first-order chi connectivity index (χ1) is 18.5. The Bertz CT molecular complexity index is 1110. The summed E-state index contributed by atoms with van der Waals surface area (Å²) in [5.41, 5.74) is 7.23. The van der Waals surface area contributed by atoms with E-state index < -0.39 is 41.1 Å². The van der Waals surface area contributed by atoms with Crippen LogP contribution in [0.25, 0.3) is 0 Å². The van der Waals surface area contributed by atoms with Crippen molar-refractivity contribution in [3.63, 3.8) is 0 Å². The molecule has 1 saturated heterocycles. The number of nitrogens with zero attached hydrogens (tertiary/aromatic N) is 2. The summed E-state index contributed by atoms with van der Waals surface area (Å²) in [6.07, 6.45) is 2.49. The van der Waals surface area contributed by atoms with Crippen LogP contribution in [0.1, 0.15) is 84.9 Å². The van der Waals surface area contributed by atoms with E-state index in [9.17, 15) is 19.2 Å². The zero-order valence-electron chi connectivity index (χ0n) is 25.2. The Balaban J connectivity index is 1.75. The van der Waals surface area contributed by atoms with Gasteiger partial charge in [0.25, 0.3) is 0 Å². The number of rotatable bonds is 6. The summed E-state index contributed by atoms with van der Waals surface area (Å²) in [7, 11) is 1.48. The number of likely N-dealkylation sites (N-methyl/N-ethyl adjacent to an activating group) is 1.